The molecule has 3 atom stereocenters. The first-order valence-corrected chi connectivity index (χ1v) is 15.0. The third-order valence-corrected chi connectivity index (χ3v) is 10.2. The predicted molar refractivity (Wildman–Crippen MR) is 147 cm³/mol. The summed E-state index contributed by atoms with van der Waals surface area (Å²) in [4.78, 5) is 32.1. The van der Waals surface area contributed by atoms with Crippen LogP contribution in [0.15, 0.2) is 47.5 Å². The Kier molecular flexibility index (Phi) is 7.12. The van der Waals surface area contributed by atoms with Crippen LogP contribution in [-0.2, 0) is 10.5 Å². The van der Waals surface area contributed by atoms with Crippen molar-refractivity contribution in [2.45, 2.75) is 73.8 Å². The number of nitrogens with zero attached hydrogens (tertiary/aromatic N) is 2. The van der Waals surface area contributed by atoms with Gasteiger partial charge in [0.05, 0.1) is 11.2 Å². The van der Waals surface area contributed by atoms with Gasteiger partial charge in [0.15, 0.2) is 0 Å². The van der Waals surface area contributed by atoms with Gasteiger partial charge in [0, 0.05) is 31.3 Å². The zero-order valence-corrected chi connectivity index (χ0v) is 22.5. The van der Waals surface area contributed by atoms with Crippen molar-refractivity contribution in [3.05, 3.63) is 53.6 Å². The number of aliphatic hydroxyl groups is 1. The third-order valence-electron chi connectivity index (χ3n) is 9.15. The van der Waals surface area contributed by atoms with Gasteiger partial charge >= 0.3 is 5.97 Å². The fourth-order valence-corrected chi connectivity index (χ4v) is 8.72. The average molecular weight is 536 g/mol. The van der Waals surface area contributed by atoms with E-state index in [2.05, 4.69) is 22.3 Å². The summed E-state index contributed by atoms with van der Waals surface area (Å²) in [5.41, 5.74) is 1.25. The van der Waals surface area contributed by atoms with Crippen molar-refractivity contribution in [3.63, 3.8) is 0 Å². The van der Waals surface area contributed by atoms with E-state index in [9.17, 15) is 19.8 Å². The van der Waals surface area contributed by atoms with Crippen molar-refractivity contribution >= 4 is 29.5 Å². The van der Waals surface area contributed by atoms with Gasteiger partial charge in [-0.15, -0.1) is 11.8 Å². The van der Waals surface area contributed by atoms with E-state index in [0.29, 0.717) is 40.6 Å². The Labute approximate surface area is 228 Å². The van der Waals surface area contributed by atoms with E-state index in [1.165, 1.54) is 5.56 Å². The number of carbonyl (C=O) groups is 2. The van der Waals surface area contributed by atoms with Crippen molar-refractivity contribution in [1.82, 2.24) is 10.3 Å². The number of nitrogens with one attached hydrogen (secondary N) is 1. The summed E-state index contributed by atoms with van der Waals surface area (Å²) < 4.78 is 0. The van der Waals surface area contributed by atoms with Crippen molar-refractivity contribution in [2.24, 2.45) is 23.7 Å². The highest BCUT2D eigenvalue weighted by Crippen LogP contribution is 2.55. The SMILES string of the molecule is O=C(O)C[C@@H]1CCCN(c2ccc(C(=O)NC3[C@H]4CC5C[C@H]3CC(O)(C5)C4)c(SCc3ccccc3)n2)C1. The number of hydrogen-bond donors (Lipinski definition) is 3. The molecule has 0 spiro atoms. The largest absolute Gasteiger partial charge is 0.481 e. The molecule has 1 aromatic carbocycles. The highest BCUT2D eigenvalue weighted by molar-refractivity contribution is 7.98. The van der Waals surface area contributed by atoms with Crippen LogP contribution >= 0.6 is 11.8 Å². The molecule has 2 heterocycles. The Hall–Kier alpha value is -2.58. The molecule has 5 fully saturated rings. The second kappa shape index (κ2) is 10.5. The summed E-state index contributed by atoms with van der Waals surface area (Å²) in [5, 5.41) is 24.3. The van der Waals surface area contributed by atoms with Crippen LogP contribution in [0.1, 0.15) is 67.3 Å². The van der Waals surface area contributed by atoms with Gasteiger partial charge in [0.25, 0.3) is 5.91 Å². The van der Waals surface area contributed by atoms with Crippen molar-refractivity contribution in [3.8, 4) is 0 Å². The zero-order chi connectivity index (χ0) is 26.3. The third kappa shape index (κ3) is 5.43. The lowest BCUT2D eigenvalue weighted by atomic mass is 9.52. The maximum absolute atomic E-state index is 13.7. The molecule has 7 rings (SSSR count). The van der Waals surface area contributed by atoms with E-state index in [4.69, 9.17) is 4.98 Å². The summed E-state index contributed by atoms with van der Waals surface area (Å²) in [7, 11) is 0. The van der Waals surface area contributed by atoms with E-state index in [1.54, 1.807) is 11.8 Å². The first-order valence-electron chi connectivity index (χ1n) is 14.0. The van der Waals surface area contributed by atoms with Gasteiger partial charge in [-0.2, -0.15) is 0 Å². The lowest BCUT2D eigenvalue weighted by Crippen LogP contribution is -2.61. The van der Waals surface area contributed by atoms with E-state index in [1.807, 2.05) is 30.3 Å². The molecular formula is C30H37N3O4S. The Morgan fingerprint density at radius 3 is 2.55 bits per heavy atom. The Morgan fingerprint density at radius 1 is 1.08 bits per heavy atom. The van der Waals surface area contributed by atoms with Crippen LogP contribution in [0, 0.1) is 23.7 Å². The van der Waals surface area contributed by atoms with Gasteiger partial charge in [0.2, 0.25) is 0 Å². The molecule has 4 aliphatic carbocycles. The summed E-state index contributed by atoms with van der Waals surface area (Å²) in [6.45, 7) is 1.51. The van der Waals surface area contributed by atoms with Crippen LogP contribution in [0.25, 0.3) is 0 Å². The number of aliphatic carboxylic acids is 1. The number of hydrogen-bond acceptors (Lipinski definition) is 6. The topological polar surface area (TPSA) is 103 Å². The molecule has 7 nitrogen and oxygen atoms in total. The smallest absolute Gasteiger partial charge is 0.303 e. The number of carboxylic acids is 1. The van der Waals surface area contributed by atoms with E-state index in [0.717, 1.165) is 57.3 Å². The number of benzene rings is 1. The van der Waals surface area contributed by atoms with E-state index >= 15 is 0 Å². The molecule has 0 unspecified atom stereocenters. The molecule has 4 saturated carbocycles. The molecule has 1 aromatic heterocycles. The monoisotopic (exact) mass is 535 g/mol. The lowest BCUT2D eigenvalue weighted by molar-refractivity contribution is -0.138. The quantitative estimate of drug-likeness (QED) is 0.420. The lowest BCUT2D eigenvalue weighted by Gasteiger charge is -2.58. The zero-order valence-electron chi connectivity index (χ0n) is 21.7. The summed E-state index contributed by atoms with van der Waals surface area (Å²) in [6.07, 6.45) is 6.74. The van der Waals surface area contributed by atoms with Crippen LogP contribution in [0.3, 0.4) is 0 Å². The summed E-state index contributed by atoms with van der Waals surface area (Å²) in [6, 6.07) is 14.1. The minimum absolute atomic E-state index is 0.0773. The second-order valence-corrected chi connectivity index (χ2v) is 13.0. The van der Waals surface area contributed by atoms with Crippen LogP contribution in [0.2, 0.25) is 0 Å². The number of thioether (sulfide) groups is 1. The van der Waals surface area contributed by atoms with Gasteiger partial charge < -0.3 is 20.4 Å². The first kappa shape index (κ1) is 25.7. The molecule has 0 radical (unpaired) electrons. The first-order chi connectivity index (χ1) is 18.3. The fraction of sp³-hybridized carbons (Fsp3) is 0.567. The molecule has 2 aromatic rings. The number of piperidine rings is 1. The minimum atomic E-state index is -0.757. The van der Waals surface area contributed by atoms with E-state index < -0.39 is 11.6 Å². The number of carboxylic acid groups (broad SMARTS) is 1. The molecule has 5 aliphatic rings. The van der Waals surface area contributed by atoms with Crippen molar-refractivity contribution in [1.29, 1.82) is 0 Å². The van der Waals surface area contributed by atoms with Crippen LogP contribution in [0.5, 0.6) is 0 Å². The maximum atomic E-state index is 13.7. The number of carbonyl (C=O) groups excluding carboxylic acids is 1. The Bertz CT molecular complexity index is 1180. The molecule has 1 amide bonds. The minimum Gasteiger partial charge on any atom is -0.481 e. The van der Waals surface area contributed by atoms with Crippen molar-refractivity contribution in [2.75, 3.05) is 18.0 Å². The molecule has 202 valence electrons. The van der Waals surface area contributed by atoms with Gasteiger partial charge in [-0.1, -0.05) is 30.3 Å². The van der Waals surface area contributed by atoms with Gasteiger partial charge in [-0.05, 0) is 86.3 Å². The van der Waals surface area contributed by atoms with Crippen LogP contribution in [0.4, 0.5) is 5.82 Å². The highest BCUT2D eigenvalue weighted by Gasteiger charge is 2.55. The molecule has 8 heteroatoms. The van der Waals surface area contributed by atoms with Gasteiger partial charge in [0.1, 0.15) is 10.8 Å². The highest BCUT2D eigenvalue weighted by atomic mass is 32.2. The standard InChI is InChI=1S/C30H37N3O4S/c34-26(35)13-20-7-4-10-33(17-20)25-9-8-24(29(31-25)38-18-19-5-2-1-3-6-19)28(36)32-27-22-11-21-12-23(27)16-30(37,14-21)15-22/h1-3,5-6,8-9,20-23,27,37H,4,7,10-18H2,(H,32,36)(H,34,35)/t20-,21?,22-,23-,27?,30?/m0/s1. The molecular weight excluding hydrogens is 498 g/mol. The van der Waals surface area contributed by atoms with Crippen LogP contribution < -0.4 is 10.2 Å². The Balaban J connectivity index is 1.22. The molecule has 1 saturated heterocycles. The van der Waals surface area contributed by atoms with Gasteiger partial charge in [-0.3, -0.25) is 9.59 Å². The normalized spacial score (nSPS) is 31.8. The van der Waals surface area contributed by atoms with Gasteiger partial charge in [-0.25, -0.2) is 4.98 Å². The summed E-state index contributed by atoms with van der Waals surface area (Å²) in [5.74, 6) is 2.09. The number of amides is 1. The van der Waals surface area contributed by atoms with Crippen molar-refractivity contribution < 1.29 is 19.8 Å². The predicted octanol–water partition coefficient (Wildman–Crippen LogP) is 4.73. The fourth-order valence-electron chi connectivity index (χ4n) is 7.75. The molecule has 3 N–H and O–H groups in total. The number of rotatable bonds is 8. The average Bonchev–Trinajstić information content (AvgIpc) is 2.89. The Morgan fingerprint density at radius 2 is 1.84 bits per heavy atom. The number of anilines is 1. The maximum Gasteiger partial charge on any atom is 0.303 e. The second-order valence-electron chi connectivity index (χ2n) is 12.0. The number of pyridine rings is 1. The molecule has 38 heavy (non-hydrogen) atoms. The van der Waals surface area contributed by atoms with E-state index in [-0.39, 0.29) is 24.3 Å². The molecule has 1 aliphatic heterocycles. The molecule has 4 bridgehead atoms. The van der Waals surface area contributed by atoms with Crippen LogP contribution in [-0.4, -0.2) is 51.8 Å². The summed E-state index contributed by atoms with van der Waals surface area (Å²) >= 11 is 1.58. The number of aromatic nitrogens is 1.